The van der Waals surface area contributed by atoms with Crippen LogP contribution < -0.4 is 10.6 Å². The van der Waals surface area contributed by atoms with Gasteiger partial charge in [-0.3, -0.25) is 10.1 Å². The minimum atomic E-state index is -0.205. The third kappa shape index (κ3) is 4.73. The lowest BCUT2D eigenvalue weighted by Gasteiger charge is -2.07. The maximum Gasteiger partial charge on any atom is 0.257 e. The van der Waals surface area contributed by atoms with E-state index in [9.17, 15) is 4.79 Å². The van der Waals surface area contributed by atoms with Gasteiger partial charge in [0.2, 0.25) is 5.95 Å². The lowest BCUT2D eigenvalue weighted by Crippen LogP contribution is -2.11. The molecule has 0 unspecified atom stereocenters. The summed E-state index contributed by atoms with van der Waals surface area (Å²) in [6.45, 7) is 3.86. The second-order valence-electron chi connectivity index (χ2n) is 7.73. The van der Waals surface area contributed by atoms with Crippen LogP contribution in [0.15, 0.2) is 78.2 Å². The molecule has 1 amide bonds. The van der Waals surface area contributed by atoms with Crippen LogP contribution >= 0.6 is 11.3 Å². The number of hydrogen-bond acceptors (Lipinski definition) is 6. The van der Waals surface area contributed by atoms with Crippen molar-refractivity contribution >= 4 is 44.8 Å². The molecule has 2 N–H and O–H groups in total. The van der Waals surface area contributed by atoms with Crippen molar-refractivity contribution in [3.05, 3.63) is 95.1 Å². The lowest BCUT2D eigenvalue weighted by molar-refractivity contribution is 0.102. The van der Waals surface area contributed by atoms with Crippen LogP contribution in [0.3, 0.4) is 0 Å². The first-order chi connectivity index (χ1) is 16.0. The van der Waals surface area contributed by atoms with Crippen molar-refractivity contribution in [1.82, 2.24) is 15.0 Å². The summed E-state index contributed by atoms with van der Waals surface area (Å²) in [7, 11) is 0. The predicted octanol–water partition coefficient (Wildman–Crippen LogP) is 6.37. The first-order valence-electron chi connectivity index (χ1n) is 10.5. The third-order valence-corrected chi connectivity index (χ3v) is 5.91. The van der Waals surface area contributed by atoms with Gasteiger partial charge in [0.05, 0.1) is 5.69 Å². The number of anilines is 3. The molecule has 3 aromatic carbocycles. The van der Waals surface area contributed by atoms with E-state index in [1.807, 2.05) is 55.6 Å². The zero-order chi connectivity index (χ0) is 22.8. The Morgan fingerprint density at radius 3 is 2.30 bits per heavy atom. The number of fused-ring (bicyclic) bond motifs is 1. The quantitative estimate of drug-likeness (QED) is 0.325. The van der Waals surface area contributed by atoms with Crippen LogP contribution in [0.4, 0.5) is 16.8 Å². The van der Waals surface area contributed by atoms with Crippen molar-refractivity contribution in [1.29, 1.82) is 0 Å². The number of hydrogen-bond donors (Lipinski definition) is 2. The Bertz CT molecular complexity index is 1440. The van der Waals surface area contributed by atoms with Gasteiger partial charge in [0, 0.05) is 33.6 Å². The van der Waals surface area contributed by atoms with Crippen molar-refractivity contribution in [2.45, 2.75) is 13.8 Å². The van der Waals surface area contributed by atoms with Crippen LogP contribution in [0.2, 0.25) is 0 Å². The van der Waals surface area contributed by atoms with Gasteiger partial charge in [-0.15, -0.1) is 11.3 Å². The molecule has 0 spiro atoms. The van der Waals surface area contributed by atoms with Gasteiger partial charge in [0.1, 0.15) is 0 Å². The molecule has 0 aliphatic rings. The highest BCUT2D eigenvalue weighted by Gasteiger charge is 2.11. The standard InChI is InChI=1S/C26H21N5OS/c1-16-13-17(2)28-25(27-16)29-22-11-9-19(10-12-22)24(32)31-26-30-23(15-33-26)21-8-7-18-5-3-4-6-20(18)14-21/h3-15H,1-2H3,(H,27,28,29)(H,30,31,32). The normalized spacial score (nSPS) is 10.8. The number of nitrogens with zero attached hydrogens (tertiary/aromatic N) is 3. The molecule has 0 saturated carbocycles. The summed E-state index contributed by atoms with van der Waals surface area (Å²) in [5, 5.41) is 10.9. The number of nitrogens with one attached hydrogen (secondary N) is 2. The second-order valence-corrected chi connectivity index (χ2v) is 8.59. The number of benzene rings is 3. The fraction of sp³-hybridized carbons (Fsp3) is 0.0769. The number of thiazole rings is 1. The van der Waals surface area contributed by atoms with Gasteiger partial charge < -0.3 is 5.32 Å². The molecular weight excluding hydrogens is 430 g/mol. The molecule has 5 rings (SSSR count). The molecule has 0 atom stereocenters. The Morgan fingerprint density at radius 2 is 1.55 bits per heavy atom. The number of rotatable bonds is 5. The van der Waals surface area contributed by atoms with Crippen molar-refractivity contribution in [3.8, 4) is 11.3 Å². The fourth-order valence-corrected chi connectivity index (χ4v) is 4.31. The molecular formula is C26H21N5OS. The first-order valence-corrected chi connectivity index (χ1v) is 11.4. The highest BCUT2D eigenvalue weighted by atomic mass is 32.1. The van der Waals surface area contributed by atoms with Gasteiger partial charge in [-0.05, 0) is 61.0 Å². The molecule has 0 bridgehead atoms. The molecule has 5 aromatic rings. The molecule has 2 heterocycles. The number of carbonyl (C=O) groups excluding carboxylic acids is 1. The van der Waals surface area contributed by atoms with Crippen LogP contribution in [0.25, 0.3) is 22.0 Å². The summed E-state index contributed by atoms with van der Waals surface area (Å²) in [4.78, 5) is 26.1. The summed E-state index contributed by atoms with van der Waals surface area (Å²) < 4.78 is 0. The van der Waals surface area contributed by atoms with E-state index in [4.69, 9.17) is 0 Å². The Hall–Kier alpha value is -4.10. The van der Waals surface area contributed by atoms with E-state index in [0.29, 0.717) is 16.6 Å². The monoisotopic (exact) mass is 451 g/mol. The van der Waals surface area contributed by atoms with E-state index >= 15 is 0 Å². The van der Waals surface area contributed by atoms with Gasteiger partial charge in [0.15, 0.2) is 5.13 Å². The van der Waals surface area contributed by atoms with E-state index in [1.54, 1.807) is 12.1 Å². The van der Waals surface area contributed by atoms with E-state index in [0.717, 1.165) is 33.7 Å². The molecule has 6 nitrogen and oxygen atoms in total. The first kappa shape index (κ1) is 20.8. The van der Waals surface area contributed by atoms with Gasteiger partial charge in [-0.25, -0.2) is 15.0 Å². The van der Waals surface area contributed by atoms with Crippen LogP contribution in [0, 0.1) is 13.8 Å². The number of aryl methyl sites for hydroxylation is 2. The Kier molecular flexibility index (Phi) is 5.54. The zero-order valence-electron chi connectivity index (χ0n) is 18.2. The van der Waals surface area contributed by atoms with E-state index in [2.05, 4.69) is 49.9 Å². The molecule has 0 aliphatic heterocycles. The maximum absolute atomic E-state index is 12.7. The zero-order valence-corrected chi connectivity index (χ0v) is 19.0. The van der Waals surface area contributed by atoms with Gasteiger partial charge in [-0.1, -0.05) is 36.4 Å². The topological polar surface area (TPSA) is 79.8 Å². The lowest BCUT2D eigenvalue weighted by atomic mass is 10.1. The highest BCUT2D eigenvalue weighted by Crippen LogP contribution is 2.28. The number of aromatic nitrogens is 3. The van der Waals surface area contributed by atoms with Crippen LogP contribution in [0.1, 0.15) is 21.7 Å². The summed E-state index contributed by atoms with van der Waals surface area (Å²) in [6.07, 6.45) is 0. The smallest absolute Gasteiger partial charge is 0.257 e. The Morgan fingerprint density at radius 1 is 0.818 bits per heavy atom. The summed E-state index contributed by atoms with van der Waals surface area (Å²) >= 11 is 1.41. The van der Waals surface area contributed by atoms with Crippen molar-refractivity contribution in [3.63, 3.8) is 0 Å². The SMILES string of the molecule is Cc1cc(C)nc(Nc2ccc(C(=O)Nc3nc(-c4ccc5ccccc5c4)cs3)cc2)n1. The Balaban J connectivity index is 1.27. The van der Waals surface area contributed by atoms with Crippen molar-refractivity contribution < 1.29 is 4.79 Å². The average molecular weight is 452 g/mol. The van der Waals surface area contributed by atoms with Gasteiger partial charge in [-0.2, -0.15) is 0 Å². The summed E-state index contributed by atoms with van der Waals surface area (Å²) in [5.74, 6) is 0.331. The van der Waals surface area contributed by atoms with E-state index in [1.165, 1.54) is 16.7 Å². The second kappa shape index (κ2) is 8.80. The minimum absolute atomic E-state index is 0.205. The predicted molar refractivity (Wildman–Crippen MR) is 134 cm³/mol. The largest absolute Gasteiger partial charge is 0.324 e. The molecule has 33 heavy (non-hydrogen) atoms. The third-order valence-electron chi connectivity index (χ3n) is 5.16. The van der Waals surface area contributed by atoms with Crippen LogP contribution in [-0.4, -0.2) is 20.9 Å². The summed E-state index contributed by atoms with van der Waals surface area (Å²) in [5.41, 5.74) is 5.01. The van der Waals surface area contributed by atoms with E-state index < -0.39 is 0 Å². The number of amides is 1. The Labute approximate surface area is 195 Å². The maximum atomic E-state index is 12.7. The van der Waals surface area contributed by atoms with Crippen LogP contribution in [0.5, 0.6) is 0 Å². The molecule has 0 saturated heterocycles. The van der Waals surface area contributed by atoms with E-state index in [-0.39, 0.29) is 5.91 Å². The summed E-state index contributed by atoms with van der Waals surface area (Å²) in [6, 6.07) is 23.6. The average Bonchev–Trinajstić information content (AvgIpc) is 3.27. The molecule has 162 valence electrons. The fourth-order valence-electron chi connectivity index (χ4n) is 3.60. The van der Waals surface area contributed by atoms with Gasteiger partial charge >= 0.3 is 0 Å². The molecule has 0 radical (unpaired) electrons. The van der Waals surface area contributed by atoms with Crippen molar-refractivity contribution in [2.75, 3.05) is 10.6 Å². The molecule has 0 fully saturated rings. The molecule has 0 aliphatic carbocycles. The molecule has 2 aromatic heterocycles. The molecule has 7 heteroatoms. The highest BCUT2D eigenvalue weighted by molar-refractivity contribution is 7.14. The van der Waals surface area contributed by atoms with Crippen LogP contribution in [-0.2, 0) is 0 Å². The van der Waals surface area contributed by atoms with Gasteiger partial charge in [0.25, 0.3) is 5.91 Å². The number of carbonyl (C=O) groups is 1. The minimum Gasteiger partial charge on any atom is -0.324 e. The van der Waals surface area contributed by atoms with Crippen molar-refractivity contribution in [2.24, 2.45) is 0 Å².